The molecule has 1 aromatic heterocycles. The molecule has 1 aromatic carbocycles. The molecule has 0 fully saturated rings. The fourth-order valence-electron chi connectivity index (χ4n) is 1.85. The summed E-state index contributed by atoms with van der Waals surface area (Å²) in [7, 11) is 1.67. The molecule has 2 N–H and O–H groups in total. The number of amides is 1. The highest BCUT2D eigenvalue weighted by molar-refractivity contribution is 5.94. The van der Waals surface area contributed by atoms with Crippen molar-refractivity contribution in [3.05, 3.63) is 30.5 Å². The molecule has 2 aromatic rings. The Morgan fingerprint density at radius 3 is 3.00 bits per heavy atom. The van der Waals surface area contributed by atoms with Gasteiger partial charge in [0.25, 0.3) is 0 Å². The maximum Gasteiger partial charge on any atom is 0.250 e. The van der Waals surface area contributed by atoms with Crippen molar-refractivity contribution < 1.29 is 14.6 Å². The van der Waals surface area contributed by atoms with Crippen LogP contribution in [0.1, 0.15) is 0 Å². The van der Waals surface area contributed by atoms with Gasteiger partial charge in [0.1, 0.15) is 6.61 Å². The lowest BCUT2D eigenvalue weighted by Crippen LogP contribution is -2.15. The third kappa shape index (κ3) is 2.69. The van der Waals surface area contributed by atoms with E-state index in [9.17, 15) is 4.79 Å². The highest BCUT2D eigenvalue weighted by Crippen LogP contribution is 2.20. The van der Waals surface area contributed by atoms with E-state index in [0.29, 0.717) is 12.3 Å². The Morgan fingerprint density at radius 2 is 2.28 bits per heavy atom. The van der Waals surface area contributed by atoms with Gasteiger partial charge in [-0.15, -0.1) is 0 Å². The molecule has 0 atom stereocenters. The van der Waals surface area contributed by atoms with Crippen LogP contribution >= 0.6 is 0 Å². The maximum absolute atomic E-state index is 11.1. The summed E-state index contributed by atoms with van der Waals surface area (Å²) in [5, 5.41) is 12.4. The molecule has 1 amide bonds. The first kappa shape index (κ1) is 12.6. The summed E-state index contributed by atoms with van der Waals surface area (Å²) in [4.78, 5) is 11.1. The van der Waals surface area contributed by atoms with E-state index < -0.39 is 12.5 Å². The Hall–Kier alpha value is -1.85. The molecule has 5 nitrogen and oxygen atoms in total. The monoisotopic (exact) mass is 248 g/mol. The number of aliphatic hydroxyl groups excluding tert-OH is 1. The maximum atomic E-state index is 11.1. The van der Waals surface area contributed by atoms with Crippen molar-refractivity contribution in [3.63, 3.8) is 0 Å². The van der Waals surface area contributed by atoms with Gasteiger partial charge in [0.2, 0.25) is 5.91 Å². The zero-order valence-corrected chi connectivity index (χ0v) is 10.2. The van der Waals surface area contributed by atoms with Crippen molar-refractivity contribution in [2.24, 2.45) is 0 Å². The number of benzene rings is 1. The van der Waals surface area contributed by atoms with Crippen LogP contribution in [0.25, 0.3) is 10.9 Å². The summed E-state index contributed by atoms with van der Waals surface area (Å²) in [6, 6.07) is 7.66. The van der Waals surface area contributed by atoms with Crippen LogP contribution in [-0.4, -0.2) is 35.9 Å². The van der Waals surface area contributed by atoms with Crippen molar-refractivity contribution in [1.29, 1.82) is 0 Å². The van der Waals surface area contributed by atoms with E-state index in [-0.39, 0.29) is 0 Å². The number of aromatic nitrogens is 1. The number of carbonyl (C=O) groups is 1. The van der Waals surface area contributed by atoms with Crippen LogP contribution in [0, 0.1) is 0 Å². The van der Waals surface area contributed by atoms with E-state index >= 15 is 0 Å². The van der Waals surface area contributed by atoms with Crippen molar-refractivity contribution >= 4 is 22.5 Å². The van der Waals surface area contributed by atoms with Gasteiger partial charge in [-0.3, -0.25) is 4.79 Å². The van der Waals surface area contributed by atoms with Crippen LogP contribution in [0.2, 0.25) is 0 Å². The standard InChI is InChI=1S/C13H16N2O3/c1-18-7-6-15-5-4-10-2-3-11(8-12(10)15)14-13(17)9-16/h2-5,8,16H,6-7,9H2,1H3,(H,14,17). The lowest BCUT2D eigenvalue weighted by Gasteiger charge is -2.07. The van der Waals surface area contributed by atoms with Crippen molar-refractivity contribution in [1.82, 2.24) is 4.57 Å². The molecule has 5 heteroatoms. The highest BCUT2D eigenvalue weighted by Gasteiger charge is 2.04. The first-order valence-corrected chi connectivity index (χ1v) is 5.73. The van der Waals surface area contributed by atoms with E-state index in [1.165, 1.54) is 0 Å². The number of carbonyl (C=O) groups excluding carboxylic acids is 1. The molecule has 0 aliphatic carbocycles. The molecule has 0 radical (unpaired) electrons. The topological polar surface area (TPSA) is 63.5 Å². The highest BCUT2D eigenvalue weighted by atomic mass is 16.5. The van der Waals surface area contributed by atoms with Crippen LogP contribution in [-0.2, 0) is 16.1 Å². The zero-order valence-electron chi connectivity index (χ0n) is 10.2. The number of ether oxygens (including phenoxy) is 1. The molecule has 0 saturated heterocycles. The summed E-state index contributed by atoms with van der Waals surface area (Å²) in [5.41, 5.74) is 1.71. The lowest BCUT2D eigenvalue weighted by molar-refractivity contribution is -0.118. The van der Waals surface area contributed by atoms with E-state index in [0.717, 1.165) is 17.4 Å². The number of hydrogen-bond donors (Lipinski definition) is 2. The van der Waals surface area contributed by atoms with Crippen LogP contribution in [0.5, 0.6) is 0 Å². The van der Waals surface area contributed by atoms with Gasteiger partial charge in [-0.2, -0.15) is 0 Å². The fraction of sp³-hybridized carbons (Fsp3) is 0.308. The molecule has 0 unspecified atom stereocenters. The van der Waals surface area contributed by atoms with Gasteiger partial charge in [-0.25, -0.2) is 0 Å². The van der Waals surface area contributed by atoms with Gasteiger partial charge in [-0.05, 0) is 23.6 Å². The second kappa shape index (κ2) is 5.66. The smallest absolute Gasteiger partial charge is 0.250 e. The van der Waals surface area contributed by atoms with E-state index in [4.69, 9.17) is 9.84 Å². The van der Waals surface area contributed by atoms with Crippen molar-refractivity contribution in [2.45, 2.75) is 6.54 Å². The Morgan fingerprint density at radius 1 is 1.44 bits per heavy atom. The molecule has 0 aliphatic rings. The van der Waals surface area contributed by atoms with Crippen molar-refractivity contribution in [3.8, 4) is 0 Å². The zero-order chi connectivity index (χ0) is 13.0. The Balaban J connectivity index is 2.27. The molecule has 18 heavy (non-hydrogen) atoms. The summed E-state index contributed by atoms with van der Waals surface area (Å²) >= 11 is 0. The average molecular weight is 248 g/mol. The van der Waals surface area contributed by atoms with Crippen molar-refractivity contribution in [2.75, 3.05) is 25.6 Å². The average Bonchev–Trinajstić information content (AvgIpc) is 2.78. The second-order valence-corrected chi connectivity index (χ2v) is 3.98. The fourth-order valence-corrected chi connectivity index (χ4v) is 1.85. The number of nitrogens with zero attached hydrogens (tertiary/aromatic N) is 1. The second-order valence-electron chi connectivity index (χ2n) is 3.98. The number of methoxy groups -OCH3 is 1. The van der Waals surface area contributed by atoms with Gasteiger partial charge < -0.3 is 19.7 Å². The Kier molecular flexibility index (Phi) is 3.96. The largest absolute Gasteiger partial charge is 0.387 e. The van der Waals surface area contributed by atoms with E-state index in [1.807, 2.05) is 30.5 Å². The molecule has 0 saturated carbocycles. The normalized spacial score (nSPS) is 10.8. The van der Waals surface area contributed by atoms with Gasteiger partial charge in [0.15, 0.2) is 0 Å². The van der Waals surface area contributed by atoms with E-state index in [1.54, 1.807) is 7.11 Å². The van der Waals surface area contributed by atoms with Crippen LogP contribution in [0.4, 0.5) is 5.69 Å². The molecule has 0 bridgehead atoms. The third-order valence-corrected chi connectivity index (χ3v) is 2.74. The number of aliphatic hydroxyl groups is 1. The minimum absolute atomic E-state index is 0.413. The summed E-state index contributed by atoms with van der Waals surface area (Å²) in [5.74, 6) is -0.413. The molecule has 96 valence electrons. The lowest BCUT2D eigenvalue weighted by atomic mass is 10.2. The number of hydrogen-bond acceptors (Lipinski definition) is 3. The minimum Gasteiger partial charge on any atom is -0.387 e. The summed E-state index contributed by atoms with van der Waals surface area (Å²) < 4.78 is 7.12. The summed E-state index contributed by atoms with van der Waals surface area (Å²) in [6.07, 6.45) is 1.99. The predicted molar refractivity (Wildman–Crippen MR) is 69.5 cm³/mol. The quantitative estimate of drug-likeness (QED) is 0.836. The van der Waals surface area contributed by atoms with Gasteiger partial charge >= 0.3 is 0 Å². The minimum atomic E-state index is -0.511. The SMILES string of the molecule is COCCn1ccc2ccc(NC(=O)CO)cc21. The Labute approximate surface area is 105 Å². The van der Waals surface area contributed by atoms with Gasteiger partial charge in [0.05, 0.1) is 12.1 Å². The van der Waals surface area contributed by atoms with Crippen LogP contribution < -0.4 is 5.32 Å². The molecular formula is C13H16N2O3. The Bertz CT molecular complexity index is 548. The number of rotatable bonds is 5. The number of anilines is 1. The number of fused-ring (bicyclic) bond motifs is 1. The molecule has 1 heterocycles. The number of nitrogens with one attached hydrogen (secondary N) is 1. The molecule has 0 aliphatic heterocycles. The third-order valence-electron chi connectivity index (χ3n) is 2.74. The molecular weight excluding hydrogens is 232 g/mol. The van der Waals surface area contributed by atoms with Gasteiger partial charge in [-0.1, -0.05) is 6.07 Å². The van der Waals surface area contributed by atoms with Crippen LogP contribution in [0.15, 0.2) is 30.5 Å². The first-order valence-electron chi connectivity index (χ1n) is 5.73. The van der Waals surface area contributed by atoms with E-state index in [2.05, 4.69) is 9.88 Å². The molecule has 2 rings (SSSR count). The predicted octanol–water partition coefficient (Wildman–Crippen LogP) is 1.22. The van der Waals surface area contributed by atoms with Gasteiger partial charge in [0, 0.05) is 25.5 Å². The summed E-state index contributed by atoms with van der Waals surface area (Å²) in [6.45, 7) is 0.886. The molecule has 0 spiro atoms. The van der Waals surface area contributed by atoms with Crippen LogP contribution in [0.3, 0.4) is 0 Å². The first-order chi connectivity index (χ1) is 8.74.